The van der Waals surface area contributed by atoms with Crippen LogP contribution in [0, 0.1) is 0 Å². The molecule has 2 aromatic heterocycles. The zero-order valence-electron chi connectivity index (χ0n) is 12.8. The molecule has 0 saturated carbocycles. The minimum absolute atomic E-state index is 0.995. The minimum atomic E-state index is 0.995. The van der Waals surface area contributed by atoms with Gasteiger partial charge in [0.15, 0.2) is 0 Å². The SMILES string of the molecule is c1ccc2c(c1)CCCc1cc3ccc4cccnc4c3nc1-2. The summed E-state index contributed by atoms with van der Waals surface area (Å²) < 4.78 is 0. The quantitative estimate of drug-likeness (QED) is 0.430. The fourth-order valence-corrected chi connectivity index (χ4v) is 3.68. The van der Waals surface area contributed by atoms with Crippen molar-refractivity contribution in [2.75, 3.05) is 0 Å². The van der Waals surface area contributed by atoms with Gasteiger partial charge in [-0.05, 0) is 42.5 Å². The number of aryl methyl sites for hydroxylation is 2. The van der Waals surface area contributed by atoms with Gasteiger partial charge in [0.1, 0.15) is 0 Å². The Balaban J connectivity index is 1.90. The first-order valence-electron chi connectivity index (χ1n) is 8.16. The number of pyridine rings is 2. The predicted molar refractivity (Wildman–Crippen MR) is 94.5 cm³/mol. The molecule has 1 aliphatic carbocycles. The molecule has 2 aromatic carbocycles. The van der Waals surface area contributed by atoms with Crippen LogP contribution in [0.2, 0.25) is 0 Å². The van der Waals surface area contributed by atoms with Crippen LogP contribution in [0.25, 0.3) is 33.1 Å². The first-order chi connectivity index (χ1) is 11.4. The van der Waals surface area contributed by atoms with E-state index in [9.17, 15) is 0 Å². The molecular weight excluding hydrogens is 280 g/mol. The van der Waals surface area contributed by atoms with Gasteiger partial charge in [-0.1, -0.05) is 42.5 Å². The van der Waals surface area contributed by atoms with Gasteiger partial charge in [0, 0.05) is 22.5 Å². The number of aromatic nitrogens is 2. The third kappa shape index (κ3) is 1.95. The molecule has 0 amide bonds. The van der Waals surface area contributed by atoms with Crippen LogP contribution in [-0.2, 0) is 12.8 Å². The van der Waals surface area contributed by atoms with Crippen molar-refractivity contribution in [3.8, 4) is 11.3 Å². The van der Waals surface area contributed by atoms with Crippen molar-refractivity contribution in [2.24, 2.45) is 0 Å². The van der Waals surface area contributed by atoms with Crippen molar-refractivity contribution in [3.05, 3.63) is 71.9 Å². The summed E-state index contributed by atoms with van der Waals surface area (Å²) in [6.45, 7) is 0. The summed E-state index contributed by atoms with van der Waals surface area (Å²) in [6.07, 6.45) is 5.25. The lowest BCUT2D eigenvalue weighted by molar-refractivity contribution is 0.834. The normalized spacial score (nSPS) is 13.6. The Kier molecular flexibility index (Phi) is 2.71. The highest BCUT2D eigenvalue weighted by atomic mass is 14.8. The molecule has 0 spiro atoms. The van der Waals surface area contributed by atoms with Gasteiger partial charge < -0.3 is 0 Å². The van der Waals surface area contributed by atoms with Gasteiger partial charge in [0.05, 0.1) is 16.7 Å². The van der Waals surface area contributed by atoms with E-state index in [1.807, 2.05) is 12.3 Å². The molecule has 0 unspecified atom stereocenters. The maximum absolute atomic E-state index is 5.08. The highest BCUT2D eigenvalue weighted by Gasteiger charge is 2.17. The number of nitrogens with zero attached hydrogens (tertiary/aromatic N) is 2. The van der Waals surface area contributed by atoms with Crippen LogP contribution in [0.15, 0.2) is 60.8 Å². The van der Waals surface area contributed by atoms with Crippen LogP contribution in [0.1, 0.15) is 17.5 Å². The predicted octanol–water partition coefficient (Wildman–Crippen LogP) is 4.94. The van der Waals surface area contributed by atoms with Crippen molar-refractivity contribution in [3.63, 3.8) is 0 Å². The summed E-state index contributed by atoms with van der Waals surface area (Å²) in [5.41, 5.74) is 7.20. The van der Waals surface area contributed by atoms with Gasteiger partial charge in [0.25, 0.3) is 0 Å². The molecule has 0 fully saturated rings. The van der Waals surface area contributed by atoms with Crippen molar-refractivity contribution in [1.29, 1.82) is 0 Å². The molecule has 0 radical (unpaired) electrons. The third-order valence-corrected chi connectivity index (χ3v) is 4.80. The second kappa shape index (κ2) is 4.88. The molecule has 4 aromatic rings. The summed E-state index contributed by atoms with van der Waals surface area (Å²) >= 11 is 0. The van der Waals surface area contributed by atoms with Gasteiger partial charge >= 0.3 is 0 Å². The van der Waals surface area contributed by atoms with Crippen LogP contribution in [-0.4, -0.2) is 9.97 Å². The topological polar surface area (TPSA) is 25.8 Å². The Labute approximate surface area is 134 Å². The number of rotatable bonds is 0. The van der Waals surface area contributed by atoms with Crippen molar-refractivity contribution in [2.45, 2.75) is 19.3 Å². The Bertz CT molecular complexity index is 1050. The lowest BCUT2D eigenvalue weighted by atomic mass is 10.00. The molecular formula is C21H16N2. The molecule has 2 nitrogen and oxygen atoms in total. The van der Waals surface area contributed by atoms with E-state index < -0.39 is 0 Å². The highest BCUT2D eigenvalue weighted by Crippen LogP contribution is 2.34. The van der Waals surface area contributed by atoms with E-state index in [-0.39, 0.29) is 0 Å². The van der Waals surface area contributed by atoms with E-state index in [0.717, 1.165) is 35.0 Å². The lowest BCUT2D eigenvalue weighted by Crippen LogP contribution is -1.94. The summed E-state index contributed by atoms with van der Waals surface area (Å²) in [5, 5.41) is 2.34. The zero-order chi connectivity index (χ0) is 15.2. The van der Waals surface area contributed by atoms with Gasteiger partial charge in [-0.25, -0.2) is 4.98 Å². The molecule has 2 heteroatoms. The Morgan fingerprint density at radius 2 is 1.61 bits per heavy atom. The lowest BCUT2D eigenvalue weighted by Gasteiger charge is -2.11. The first kappa shape index (κ1) is 12.8. The summed E-state index contributed by atoms with van der Waals surface area (Å²) in [7, 11) is 0. The monoisotopic (exact) mass is 296 g/mol. The second-order valence-electron chi connectivity index (χ2n) is 6.22. The maximum atomic E-state index is 5.08. The Morgan fingerprint density at radius 3 is 2.61 bits per heavy atom. The molecule has 0 N–H and O–H groups in total. The van der Waals surface area contributed by atoms with Gasteiger partial charge in [-0.3, -0.25) is 4.98 Å². The van der Waals surface area contributed by atoms with Crippen LogP contribution in [0.4, 0.5) is 0 Å². The number of fused-ring (bicyclic) bond motifs is 6. The molecule has 1 aliphatic rings. The smallest absolute Gasteiger partial charge is 0.0972 e. The largest absolute Gasteiger partial charge is 0.254 e. The molecule has 23 heavy (non-hydrogen) atoms. The van der Waals surface area contributed by atoms with Crippen molar-refractivity contribution >= 4 is 21.8 Å². The van der Waals surface area contributed by atoms with E-state index in [2.05, 4.69) is 53.5 Å². The zero-order valence-corrected chi connectivity index (χ0v) is 12.8. The number of hydrogen-bond donors (Lipinski definition) is 0. The van der Waals surface area contributed by atoms with E-state index in [4.69, 9.17) is 4.98 Å². The van der Waals surface area contributed by atoms with E-state index in [0.29, 0.717) is 0 Å². The van der Waals surface area contributed by atoms with Gasteiger partial charge in [0.2, 0.25) is 0 Å². The third-order valence-electron chi connectivity index (χ3n) is 4.80. The molecule has 0 aliphatic heterocycles. The van der Waals surface area contributed by atoms with E-state index in [1.54, 1.807) is 0 Å². The van der Waals surface area contributed by atoms with E-state index in [1.165, 1.54) is 28.5 Å². The number of benzene rings is 2. The molecule has 0 saturated heterocycles. The highest BCUT2D eigenvalue weighted by molar-refractivity contribution is 6.03. The average Bonchev–Trinajstić information content (AvgIpc) is 2.79. The van der Waals surface area contributed by atoms with Crippen LogP contribution in [0.5, 0.6) is 0 Å². The molecule has 0 atom stereocenters. The van der Waals surface area contributed by atoms with Gasteiger partial charge in [-0.2, -0.15) is 0 Å². The molecule has 0 bridgehead atoms. The second-order valence-corrected chi connectivity index (χ2v) is 6.22. The van der Waals surface area contributed by atoms with Crippen molar-refractivity contribution in [1.82, 2.24) is 9.97 Å². The summed E-state index contributed by atoms with van der Waals surface area (Å²) in [5.74, 6) is 0. The number of hydrogen-bond acceptors (Lipinski definition) is 2. The Hall–Kier alpha value is -2.74. The molecule has 5 rings (SSSR count). The molecule has 2 heterocycles. The van der Waals surface area contributed by atoms with Crippen LogP contribution < -0.4 is 0 Å². The van der Waals surface area contributed by atoms with Crippen LogP contribution in [0.3, 0.4) is 0 Å². The maximum Gasteiger partial charge on any atom is 0.0972 e. The first-order valence-corrected chi connectivity index (χ1v) is 8.16. The molecule has 110 valence electrons. The van der Waals surface area contributed by atoms with Crippen molar-refractivity contribution < 1.29 is 0 Å². The standard InChI is InChI=1S/C21H16N2/c1-2-9-18-14(5-1)6-3-7-16-13-17-11-10-15-8-4-12-22-20(15)21(17)23-19(16)18/h1-2,4-5,8-13H,3,6-7H2. The average molecular weight is 296 g/mol. The summed E-state index contributed by atoms with van der Waals surface area (Å²) in [4.78, 5) is 9.66. The summed E-state index contributed by atoms with van der Waals surface area (Å²) in [6, 6.07) is 19.4. The minimum Gasteiger partial charge on any atom is -0.254 e. The van der Waals surface area contributed by atoms with Gasteiger partial charge in [-0.15, -0.1) is 0 Å². The fraction of sp³-hybridized carbons (Fsp3) is 0.143. The Morgan fingerprint density at radius 1 is 0.739 bits per heavy atom. The van der Waals surface area contributed by atoms with Crippen LogP contribution >= 0.6 is 0 Å². The fourth-order valence-electron chi connectivity index (χ4n) is 3.68. The van der Waals surface area contributed by atoms with E-state index >= 15 is 0 Å².